The Labute approximate surface area is 179 Å². The Kier molecular flexibility index (Phi) is 5.21. The number of hydrogen-bond donors (Lipinski definition) is 2. The van der Waals surface area contributed by atoms with Crippen LogP contribution in [-0.2, 0) is 9.59 Å². The molecule has 1 fully saturated rings. The molecule has 1 unspecified atom stereocenters. The van der Waals surface area contributed by atoms with Crippen molar-refractivity contribution in [3.63, 3.8) is 0 Å². The number of aliphatic hydroxyl groups is 1. The van der Waals surface area contributed by atoms with Gasteiger partial charge in [-0.1, -0.05) is 36.4 Å². The summed E-state index contributed by atoms with van der Waals surface area (Å²) in [5.41, 5.74) is 2.25. The monoisotopic (exact) mass is 415 g/mol. The molecule has 1 heterocycles. The van der Waals surface area contributed by atoms with Crippen LogP contribution in [0.1, 0.15) is 22.7 Å². The van der Waals surface area contributed by atoms with Crippen LogP contribution in [0, 0.1) is 6.92 Å². The smallest absolute Gasteiger partial charge is 0.300 e. The number of anilines is 1. The van der Waals surface area contributed by atoms with E-state index in [1.54, 1.807) is 54.6 Å². The van der Waals surface area contributed by atoms with Gasteiger partial charge in [0.2, 0.25) is 0 Å². The number of phenols is 1. The summed E-state index contributed by atoms with van der Waals surface area (Å²) in [6.07, 6.45) is 0. The second-order valence-corrected chi connectivity index (χ2v) is 7.34. The Hall–Kier alpha value is -4.06. The fourth-order valence-electron chi connectivity index (χ4n) is 3.81. The lowest BCUT2D eigenvalue weighted by Crippen LogP contribution is -2.29. The maximum atomic E-state index is 13.1. The third-order valence-electron chi connectivity index (χ3n) is 5.25. The fraction of sp³-hybridized carbons (Fsp3) is 0.120. The van der Waals surface area contributed by atoms with Crippen LogP contribution in [0.5, 0.6) is 11.5 Å². The van der Waals surface area contributed by atoms with E-state index >= 15 is 0 Å². The van der Waals surface area contributed by atoms with Gasteiger partial charge in [0, 0.05) is 11.3 Å². The molecule has 6 nitrogen and oxygen atoms in total. The van der Waals surface area contributed by atoms with Crippen molar-refractivity contribution < 1.29 is 24.5 Å². The number of carbonyl (C=O) groups excluding carboxylic acids is 2. The fourth-order valence-corrected chi connectivity index (χ4v) is 3.81. The number of Topliss-reactive ketones (excluding diaryl/α,β-unsaturated/α-hetero) is 1. The highest BCUT2D eigenvalue weighted by Crippen LogP contribution is 2.43. The first kappa shape index (κ1) is 20.2. The number of amides is 1. The van der Waals surface area contributed by atoms with Gasteiger partial charge in [0.15, 0.2) is 0 Å². The molecule has 0 aliphatic carbocycles. The molecule has 1 saturated heterocycles. The van der Waals surface area contributed by atoms with Crippen LogP contribution in [-0.4, -0.2) is 29.0 Å². The predicted molar refractivity (Wildman–Crippen MR) is 117 cm³/mol. The largest absolute Gasteiger partial charge is 0.508 e. The highest BCUT2D eigenvalue weighted by atomic mass is 16.5. The zero-order valence-corrected chi connectivity index (χ0v) is 17.1. The lowest BCUT2D eigenvalue weighted by molar-refractivity contribution is -0.132. The Morgan fingerprint density at radius 3 is 2.42 bits per heavy atom. The van der Waals surface area contributed by atoms with Crippen LogP contribution in [0.2, 0.25) is 0 Å². The van der Waals surface area contributed by atoms with Gasteiger partial charge in [-0.05, 0) is 54.4 Å². The molecular weight excluding hydrogens is 394 g/mol. The maximum Gasteiger partial charge on any atom is 0.300 e. The summed E-state index contributed by atoms with van der Waals surface area (Å²) in [6.45, 7) is 1.89. The van der Waals surface area contributed by atoms with Gasteiger partial charge in [0.05, 0.1) is 18.7 Å². The van der Waals surface area contributed by atoms with E-state index < -0.39 is 17.7 Å². The molecule has 31 heavy (non-hydrogen) atoms. The summed E-state index contributed by atoms with van der Waals surface area (Å²) in [5, 5.41) is 21.1. The van der Waals surface area contributed by atoms with Crippen LogP contribution < -0.4 is 9.64 Å². The quantitative estimate of drug-likeness (QED) is 0.376. The van der Waals surface area contributed by atoms with Crippen LogP contribution in [0.15, 0.2) is 78.4 Å². The number of nitrogens with zero attached hydrogens (tertiary/aromatic N) is 1. The van der Waals surface area contributed by atoms with Gasteiger partial charge >= 0.3 is 0 Å². The van der Waals surface area contributed by atoms with E-state index in [0.29, 0.717) is 22.6 Å². The number of phenolic OH excluding ortho intramolecular Hbond substituents is 1. The number of methoxy groups -OCH3 is 1. The van der Waals surface area contributed by atoms with Crippen molar-refractivity contribution in [2.45, 2.75) is 13.0 Å². The first-order chi connectivity index (χ1) is 14.9. The molecule has 1 atom stereocenters. The van der Waals surface area contributed by atoms with Crippen LogP contribution >= 0.6 is 0 Å². The molecule has 0 aromatic heterocycles. The van der Waals surface area contributed by atoms with E-state index in [1.807, 2.05) is 13.0 Å². The SMILES string of the molecule is COc1cccc(/C(O)=C2\C(=O)C(=O)N(c3cccc(C)c3)C2c2cccc(O)c2)c1. The second-order valence-electron chi connectivity index (χ2n) is 7.34. The molecular formula is C25H21NO5. The normalized spacial score (nSPS) is 17.7. The van der Waals surface area contributed by atoms with E-state index in [4.69, 9.17) is 4.74 Å². The number of hydrogen-bond acceptors (Lipinski definition) is 5. The van der Waals surface area contributed by atoms with E-state index in [0.717, 1.165) is 5.56 Å². The van der Waals surface area contributed by atoms with Crippen molar-refractivity contribution >= 4 is 23.1 Å². The lowest BCUT2D eigenvalue weighted by Gasteiger charge is -2.25. The maximum absolute atomic E-state index is 13.1. The minimum atomic E-state index is -0.903. The summed E-state index contributed by atoms with van der Waals surface area (Å²) < 4.78 is 5.22. The molecule has 0 saturated carbocycles. The lowest BCUT2D eigenvalue weighted by atomic mass is 9.95. The Morgan fingerprint density at radius 1 is 0.968 bits per heavy atom. The molecule has 1 aliphatic rings. The van der Waals surface area contributed by atoms with Crippen LogP contribution in [0.4, 0.5) is 5.69 Å². The summed E-state index contributed by atoms with van der Waals surface area (Å²) in [5.74, 6) is -1.35. The minimum Gasteiger partial charge on any atom is -0.508 e. The predicted octanol–water partition coefficient (Wildman–Crippen LogP) is 4.34. The summed E-state index contributed by atoms with van der Waals surface area (Å²) in [7, 11) is 1.50. The van der Waals surface area contributed by atoms with Crippen LogP contribution in [0.3, 0.4) is 0 Å². The van der Waals surface area contributed by atoms with E-state index in [-0.39, 0.29) is 17.1 Å². The minimum absolute atomic E-state index is 0.00582. The van der Waals surface area contributed by atoms with Crippen molar-refractivity contribution in [1.29, 1.82) is 0 Å². The molecule has 0 bridgehead atoms. The molecule has 0 radical (unpaired) electrons. The van der Waals surface area contributed by atoms with Gasteiger partial charge in [-0.2, -0.15) is 0 Å². The first-order valence-corrected chi connectivity index (χ1v) is 9.71. The standard InChI is InChI=1S/C25H21NO5/c1-15-6-3-9-18(12-15)26-22(16-7-4-10-19(27)13-16)21(24(29)25(26)30)23(28)17-8-5-11-20(14-17)31-2/h3-14,22,27-28H,1-2H3/b23-21+. The van der Waals surface area contributed by atoms with Crippen LogP contribution in [0.25, 0.3) is 5.76 Å². The van der Waals surface area contributed by atoms with Crippen molar-refractivity contribution in [3.8, 4) is 11.5 Å². The zero-order chi connectivity index (χ0) is 22.1. The van der Waals surface area contributed by atoms with Crippen molar-refractivity contribution in [3.05, 3.63) is 95.1 Å². The number of rotatable bonds is 4. The number of ether oxygens (including phenoxy) is 1. The number of benzene rings is 3. The molecule has 1 amide bonds. The third kappa shape index (κ3) is 3.64. The summed E-state index contributed by atoms with van der Waals surface area (Å²) >= 11 is 0. The third-order valence-corrected chi connectivity index (χ3v) is 5.25. The summed E-state index contributed by atoms with van der Waals surface area (Å²) in [6, 6.07) is 19.3. The van der Waals surface area contributed by atoms with Crippen molar-refractivity contribution in [1.82, 2.24) is 0 Å². The van der Waals surface area contributed by atoms with Crippen molar-refractivity contribution in [2.75, 3.05) is 12.0 Å². The second kappa shape index (κ2) is 7.99. The Morgan fingerprint density at radius 2 is 1.71 bits per heavy atom. The molecule has 2 N–H and O–H groups in total. The van der Waals surface area contributed by atoms with Gasteiger partial charge in [-0.25, -0.2) is 0 Å². The Bertz CT molecular complexity index is 1210. The number of carbonyl (C=O) groups is 2. The zero-order valence-electron chi connectivity index (χ0n) is 17.1. The molecule has 6 heteroatoms. The van der Waals surface area contributed by atoms with Crippen molar-refractivity contribution in [2.24, 2.45) is 0 Å². The molecule has 0 spiro atoms. The van der Waals surface area contributed by atoms with Gasteiger partial charge in [0.25, 0.3) is 11.7 Å². The molecule has 4 rings (SSSR count). The van der Waals surface area contributed by atoms with Gasteiger partial charge in [0.1, 0.15) is 17.3 Å². The number of aliphatic hydroxyl groups excluding tert-OH is 1. The van der Waals surface area contributed by atoms with Gasteiger partial charge in [-0.15, -0.1) is 0 Å². The van der Waals surface area contributed by atoms with E-state index in [9.17, 15) is 19.8 Å². The van der Waals surface area contributed by atoms with E-state index in [1.165, 1.54) is 24.1 Å². The molecule has 1 aliphatic heterocycles. The first-order valence-electron chi connectivity index (χ1n) is 9.71. The molecule has 3 aromatic carbocycles. The Balaban J connectivity index is 1.96. The average Bonchev–Trinajstić information content (AvgIpc) is 3.04. The topological polar surface area (TPSA) is 87.1 Å². The number of aryl methyl sites for hydroxylation is 1. The molecule has 3 aromatic rings. The highest BCUT2D eigenvalue weighted by molar-refractivity contribution is 6.51. The highest BCUT2D eigenvalue weighted by Gasteiger charge is 2.47. The number of ketones is 1. The number of aromatic hydroxyl groups is 1. The molecule has 156 valence electrons. The summed E-state index contributed by atoms with van der Waals surface area (Å²) in [4.78, 5) is 27.6. The van der Waals surface area contributed by atoms with E-state index in [2.05, 4.69) is 0 Å². The van der Waals surface area contributed by atoms with Gasteiger partial charge < -0.3 is 14.9 Å². The van der Waals surface area contributed by atoms with Gasteiger partial charge in [-0.3, -0.25) is 14.5 Å². The average molecular weight is 415 g/mol.